The predicted octanol–water partition coefficient (Wildman–Crippen LogP) is 5.77. The number of hydrogen-bond acceptors (Lipinski definition) is 2. The number of rotatable bonds is 4. The zero-order valence-corrected chi connectivity index (χ0v) is 13.4. The number of anilines is 2. The molecule has 0 saturated carbocycles. The Morgan fingerprint density at radius 1 is 0.958 bits per heavy atom. The van der Waals surface area contributed by atoms with Crippen molar-refractivity contribution in [2.24, 2.45) is 0 Å². The molecule has 1 heterocycles. The van der Waals surface area contributed by atoms with Crippen LogP contribution in [0.1, 0.15) is 6.42 Å². The van der Waals surface area contributed by atoms with Gasteiger partial charge in [0, 0.05) is 17.6 Å². The minimum Gasteiger partial charge on any atom is -0.309 e. The average molecular weight is 310 g/mol. The highest BCUT2D eigenvalue weighted by Gasteiger charge is 2.18. The number of hydrogen-bond donors (Lipinski definition) is 0. The summed E-state index contributed by atoms with van der Waals surface area (Å²) in [7, 11) is 0. The van der Waals surface area contributed by atoms with Crippen molar-refractivity contribution >= 4 is 22.1 Å². The molecular formula is C22H18N2. The fraction of sp³-hybridized carbons (Fsp3) is 0.0455. The summed E-state index contributed by atoms with van der Waals surface area (Å²) in [4.78, 5) is 6.55. The van der Waals surface area contributed by atoms with Gasteiger partial charge >= 0.3 is 0 Å². The highest BCUT2D eigenvalue weighted by atomic mass is 15.2. The summed E-state index contributed by atoms with van der Waals surface area (Å²) in [5.41, 5.74) is 4.57. The van der Waals surface area contributed by atoms with E-state index in [9.17, 15) is 0 Å². The quantitative estimate of drug-likeness (QED) is 0.608. The van der Waals surface area contributed by atoms with Crippen LogP contribution in [-0.4, -0.2) is 4.98 Å². The molecule has 0 radical (unpaired) electrons. The smallest absolute Gasteiger partial charge is 0.0645 e. The lowest BCUT2D eigenvalue weighted by molar-refractivity contribution is 1.16. The Kier molecular flexibility index (Phi) is 3.72. The average Bonchev–Trinajstić information content (AvgIpc) is 3.11. The molecule has 24 heavy (non-hydrogen) atoms. The second kappa shape index (κ2) is 6.17. The van der Waals surface area contributed by atoms with Crippen LogP contribution < -0.4 is 4.90 Å². The van der Waals surface area contributed by atoms with E-state index >= 15 is 0 Å². The Morgan fingerprint density at radius 3 is 2.62 bits per heavy atom. The Labute approximate surface area is 142 Å². The molecule has 116 valence electrons. The SMILES string of the molecule is C=CC1=C(N(c2cccnc2)c2ccc3ccccc3c2)C=CC1. The van der Waals surface area contributed by atoms with Crippen molar-refractivity contribution in [3.8, 4) is 0 Å². The fourth-order valence-corrected chi connectivity index (χ4v) is 3.14. The summed E-state index contributed by atoms with van der Waals surface area (Å²) in [5, 5.41) is 2.47. The van der Waals surface area contributed by atoms with Crippen molar-refractivity contribution in [3.05, 3.63) is 103 Å². The van der Waals surface area contributed by atoms with E-state index in [1.165, 1.54) is 16.3 Å². The van der Waals surface area contributed by atoms with Gasteiger partial charge in [0.2, 0.25) is 0 Å². The lowest BCUT2D eigenvalue weighted by atomic mass is 10.1. The first-order valence-corrected chi connectivity index (χ1v) is 8.08. The Morgan fingerprint density at radius 2 is 1.83 bits per heavy atom. The minimum absolute atomic E-state index is 0.920. The van der Waals surface area contributed by atoms with Crippen molar-refractivity contribution in [3.63, 3.8) is 0 Å². The van der Waals surface area contributed by atoms with Crippen molar-refractivity contribution in [2.45, 2.75) is 6.42 Å². The van der Waals surface area contributed by atoms with Gasteiger partial charge in [0.25, 0.3) is 0 Å². The van der Waals surface area contributed by atoms with Crippen LogP contribution in [0.5, 0.6) is 0 Å². The Hall–Kier alpha value is -3.13. The third-order valence-corrected chi connectivity index (χ3v) is 4.33. The molecule has 1 aromatic heterocycles. The predicted molar refractivity (Wildman–Crippen MR) is 101 cm³/mol. The van der Waals surface area contributed by atoms with Crippen LogP contribution in [0.2, 0.25) is 0 Å². The van der Waals surface area contributed by atoms with E-state index in [0.717, 1.165) is 23.5 Å². The van der Waals surface area contributed by atoms with E-state index in [2.05, 4.69) is 77.1 Å². The van der Waals surface area contributed by atoms with E-state index in [-0.39, 0.29) is 0 Å². The maximum Gasteiger partial charge on any atom is 0.0645 e. The molecule has 0 aliphatic heterocycles. The normalized spacial score (nSPS) is 13.5. The number of pyridine rings is 1. The monoisotopic (exact) mass is 310 g/mol. The summed E-state index contributed by atoms with van der Waals surface area (Å²) in [6, 6.07) is 19.0. The van der Waals surface area contributed by atoms with Gasteiger partial charge in [-0.3, -0.25) is 4.98 Å². The van der Waals surface area contributed by atoms with Gasteiger partial charge in [-0.1, -0.05) is 49.1 Å². The number of nitrogens with zero attached hydrogens (tertiary/aromatic N) is 2. The third kappa shape index (κ3) is 2.52. The molecule has 0 fully saturated rings. The number of aromatic nitrogens is 1. The summed E-state index contributed by atoms with van der Waals surface area (Å²) < 4.78 is 0. The maximum absolute atomic E-state index is 4.30. The fourth-order valence-electron chi connectivity index (χ4n) is 3.14. The molecule has 0 amide bonds. The van der Waals surface area contributed by atoms with E-state index in [4.69, 9.17) is 0 Å². The Bertz CT molecular complexity index is 952. The molecule has 1 aliphatic carbocycles. The van der Waals surface area contributed by atoms with Gasteiger partial charge in [0.15, 0.2) is 0 Å². The van der Waals surface area contributed by atoms with E-state index in [1.807, 2.05) is 18.3 Å². The standard InChI is InChI=1S/C22H18N2/c1-2-17-9-5-11-22(17)24(21-10-6-14-23-16-21)20-13-12-18-7-3-4-8-19(18)15-20/h2-8,10-16H,1,9H2. The molecule has 3 aromatic rings. The molecule has 2 aromatic carbocycles. The van der Waals surface area contributed by atoms with E-state index in [0.29, 0.717) is 0 Å². The highest BCUT2D eigenvalue weighted by molar-refractivity contribution is 5.88. The summed E-state index contributed by atoms with van der Waals surface area (Å²) in [6.45, 7) is 3.97. The van der Waals surface area contributed by atoms with Gasteiger partial charge in [-0.25, -0.2) is 0 Å². The first-order valence-electron chi connectivity index (χ1n) is 8.08. The molecule has 0 saturated heterocycles. The van der Waals surface area contributed by atoms with Gasteiger partial charge in [-0.2, -0.15) is 0 Å². The highest BCUT2D eigenvalue weighted by Crippen LogP contribution is 2.36. The molecule has 0 bridgehead atoms. The van der Waals surface area contributed by atoms with Crippen molar-refractivity contribution in [1.29, 1.82) is 0 Å². The molecule has 1 aliphatic rings. The van der Waals surface area contributed by atoms with Crippen molar-refractivity contribution in [1.82, 2.24) is 4.98 Å². The first kappa shape index (κ1) is 14.5. The second-order valence-corrected chi connectivity index (χ2v) is 5.80. The topological polar surface area (TPSA) is 16.1 Å². The molecule has 2 nitrogen and oxygen atoms in total. The second-order valence-electron chi connectivity index (χ2n) is 5.80. The maximum atomic E-state index is 4.30. The number of fused-ring (bicyclic) bond motifs is 1. The summed E-state index contributed by atoms with van der Waals surface area (Å²) in [5.74, 6) is 0. The molecule has 0 spiro atoms. The van der Waals surface area contributed by atoms with Crippen LogP contribution in [0.25, 0.3) is 10.8 Å². The number of allylic oxidation sites excluding steroid dienone is 4. The van der Waals surface area contributed by atoms with Crippen LogP contribution >= 0.6 is 0 Å². The third-order valence-electron chi connectivity index (χ3n) is 4.33. The first-order chi connectivity index (χ1) is 11.9. The van der Waals surface area contributed by atoms with Crippen LogP contribution in [0, 0.1) is 0 Å². The van der Waals surface area contributed by atoms with Crippen LogP contribution in [0.15, 0.2) is 103 Å². The molecule has 0 N–H and O–H groups in total. The molecule has 0 unspecified atom stereocenters. The van der Waals surface area contributed by atoms with Crippen molar-refractivity contribution < 1.29 is 0 Å². The number of benzene rings is 2. The van der Waals surface area contributed by atoms with Gasteiger partial charge in [0.1, 0.15) is 0 Å². The van der Waals surface area contributed by atoms with Gasteiger partial charge in [0.05, 0.1) is 11.9 Å². The van der Waals surface area contributed by atoms with Gasteiger partial charge < -0.3 is 4.90 Å². The summed E-state index contributed by atoms with van der Waals surface area (Å²) in [6.07, 6.45) is 10.9. The van der Waals surface area contributed by atoms with Crippen LogP contribution in [-0.2, 0) is 0 Å². The molecular weight excluding hydrogens is 292 g/mol. The van der Waals surface area contributed by atoms with Crippen LogP contribution in [0.4, 0.5) is 11.4 Å². The lowest BCUT2D eigenvalue weighted by Gasteiger charge is -2.26. The van der Waals surface area contributed by atoms with Crippen molar-refractivity contribution in [2.75, 3.05) is 4.90 Å². The molecule has 0 atom stereocenters. The van der Waals surface area contributed by atoms with Gasteiger partial charge in [-0.15, -0.1) is 0 Å². The largest absolute Gasteiger partial charge is 0.309 e. The lowest BCUT2D eigenvalue weighted by Crippen LogP contribution is -2.15. The molecule has 2 heteroatoms. The molecule has 4 rings (SSSR count). The zero-order valence-electron chi connectivity index (χ0n) is 13.4. The minimum atomic E-state index is 0.920. The Balaban J connectivity index is 1.92. The van der Waals surface area contributed by atoms with Gasteiger partial charge in [-0.05, 0) is 53.1 Å². The van der Waals surface area contributed by atoms with Crippen LogP contribution in [0.3, 0.4) is 0 Å². The zero-order chi connectivity index (χ0) is 16.4. The van der Waals surface area contributed by atoms with E-state index < -0.39 is 0 Å². The van der Waals surface area contributed by atoms with E-state index in [1.54, 1.807) is 6.20 Å². The summed E-state index contributed by atoms with van der Waals surface area (Å²) >= 11 is 0.